The van der Waals surface area contributed by atoms with Crippen LogP contribution in [0.1, 0.15) is 12.8 Å². The Hall–Kier alpha value is -1.36. The number of carboxylic acid groups (broad SMARTS) is 1. The molecule has 1 unspecified atom stereocenters. The minimum absolute atomic E-state index is 0.584. The van der Waals surface area contributed by atoms with Crippen molar-refractivity contribution in [3.63, 3.8) is 0 Å². The van der Waals surface area contributed by atoms with E-state index in [0.29, 0.717) is 17.9 Å². The molecule has 0 aromatic heterocycles. The van der Waals surface area contributed by atoms with Gasteiger partial charge >= 0.3 is 5.97 Å². The molecule has 0 spiro atoms. The maximum atomic E-state index is 11.6. The molecule has 2 N–H and O–H groups in total. The number of anilines is 1. The van der Waals surface area contributed by atoms with Gasteiger partial charge in [-0.1, -0.05) is 12.1 Å². The van der Waals surface area contributed by atoms with E-state index in [4.69, 9.17) is 4.74 Å². The van der Waals surface area contributed by atoms with Gasteiger partial charge in [0.1, 0.15) is 11.3 Å². The molecule has 0 saturated carbocycles. The second-order valence-corrected chi connectivity index (χ2v) is 5.47. The molecule has 1 aliphatic heterocycles. The molecule has 0 aliphatic carbocycles. The zero-order valence-corrected chi connectivity index (χ0v) is 11.1. The first-order valence-electron chi connectivity index (χ1n) is 5.90. The van der Waals surface area contributed by atoms with Crippen molar-refractivity contribution in [3.05, 3.63) is 24.3 Å². The van der Waals surface area contributed by atoms with Crippen LogP contribution in [0, 0.1) is 0 Å². The molecule has 1 saturated heterocycles. The topological polar surface area (TPSA) is 58.6 Å². The van der Waals surface area contributed by atoms with Crippen LogP contribution in [-0.2, 0) is 4.79 Å². The first-order chi connectivity index (χ1) is 8.68. The number of hydrogen-bond acceptors (Lipinski definition) is 4. The number of thioether (sulfide) groups is 1. The summed E-state index contributed by atoms with van der Waals surface area (Å²) in [7, 11) is 1.59. The fourth-order valence-electron chi connectivity index (χ4n) is 2.12. The molecular weight excluding hydrogens is 250 g/mol. The van der Waals surface area contributed by atoms with E-state index in [1.807, 2.05) is 24.3 Å². The average molecular weight is 267 g/mol. The van der Waals surface area contributed by atoms with Crippen molar-refractivity contribution in [1.82, 2.24) is 0 Å². The molecule has 1 aromatic carbocycles. The van der Waals surface area contributed by atoms with Gasteiger partial charge in [-0.3, -0.25) is 0 Å². The van der Waals surface area contributed by atoms with Crippen molar-refractivity contribution in [2.24, 2.45) is 0 Å². The third-order valence-electron chi connectivity index (χ3n) is 3.13. The summed E-state index contributed by atoms with van der Waals surface area (Å²) >= 11 is 1.68. The largest absolute Gasteiger partial charge is 0.495 e. The summed E-state index contributed by atoms with van der Waals surface area (Å²) in [5.41, 5.74) is -0.137. The summed E-state index contributed by atoms with van der Waals surface area (Å²) in [6.07, 6.45) is 1.56. The maximum Gasteiger partial charge on any atom is 0.330 e. The van der Waals surface area contributed by atoms with Gasteiger partial charge in [0.15, 0.2) is 0 Å². The zero-order valence-electron chi connectivity index (χ0n) is 10.3. The number of para-hydroxylation sites is 2. The van der Waals surface area contributed by atoms with Crippen LogP contribution in [0.3, 0.4) is 0 Å². The number of benzene rings is 1. The van der Waals surface area contributed by atoms with Gasteiger partial charge in [-0.2, -0.15) is 11.8 Å². The van der Waals surface area contributed by atoms with Crippen LogP contribution >= 0.6 is 11.8 Å². The highest BCUT2D eigenvalue weighted by Crippen LogP contribution is 2.33. The minimum atomic E-state index is -0.877. The molecule has 5 heteroatoms. The Bertz CT molecular complexity index is 430. The number of carbonyl (C=O) groups is 1. The lowest BCUT2D eigenvalue weighted by Crippen LogP contribution is -2.50. The number of rotatable bonds is 4. The maximum absolute atomic E-state index is 11.6. The molecular formula is C13H17NO3S. The van der Waals surface area contributed by atoms with E-state index in [2.05, 4.69) is 5.32 Å². The summed E-state index contributed by atoms with van der Waals surface area (Å²) in [5, 5.41) is 12.7. The van der Waals surface area contributed by atoms with E-state index < -0.39 is 11.5 Å². The minimum Gasteiger partial charge on any atom is -0.495 e. The van der Waals surface area contributed by atoms with Gasteiger partial charge in [0.05, 0.1) is 12.8 Å². The molecule has 1 aromatic rings. The van der Waals surface area contributed by atoms with Crippen LogP contribution in [-0.4, -0.2) is 35.2 Å². The molecule has 0 radical (unpaired) electrons. The van der Waals surface area contributed by atoms with Gasteiger partial charge in [-0.05, 0) is 30.7 Å². The van der Waals surface area contributed by atoms with Gasteiger partial charge in [-0.15, -0.1) is 0 Å². The average Bonchev–Trinajstić information content (AvgIpc) is 2.40. The predicted molar refractivity (Wildman–Crippen MR) is 73.5 cm³/mol. The van der Waals surface area contributed by atoms with Gasteiger partial charge in [0, 0.05) is 5.75 Å². The van der Waals surface area contributed by atoms with Crippen molar-refractivity contribution >= 4 is 23.4 Å². The summed E-state index contributed by atoms with van der Waals surface area (Å²) in [6.45, 7) is 0. The van der Waals surface area contributed by atoms with E-state index >= 15 is 0 Å². The van der Waals surface area contributed by atoms with Gasteiger partial charge in [-0.25, -0.2) is 4.79 Å². The summed E-state index contributed by atoms with van der Waals surface area (Å²) in [5.74, 6) is 1.50. The number of aliphatic carboxylic acids is 1. The van der Waals surface area contributed by atoms with Gasteiger partial charge < -0.3 is 15.2 Å². The quantitative estimate of drug-likeness (QED) is 0.877. The standard InChI is InChI=1S/C13H17NO3S/c1-17-11-6-3-2-5-10(11)14-13(12(15)16)7-4-8-18-9-13/h2-3,5-6,14H,4,7-9H2,1H3,(H,15,16). The zero-order chi connectivity index (χ0) is 13.0. The summed E-state index contributed by atoms with van der Waals surface area (Å²) in [4.78, 5) is 11.6. The molecule has 1 fully saturated rings. The number of methoxy groups -OCH3 is 1. The Morgan fingerprint density at radius 3 is 2.89 bits per heavy atom. The summed E-state index contributed by atoms with van der Waals surface area (Å²) < 4.78 is 5.25. The molecule has 1 atom stereocenters. The van der Waals surface area contributed by atoms with E-state index in [9.17, 15) is 9.90 Å². The highest BCUT2D eigenvalue weighted by Gasteiger charge is 2.40. The van der Waals surface area contributed by atoms with Crippen LogP contribution in [0.2, 0.25) is 0 Å². The van der Waals surface area contributed by atoms with Crippen molar-refractivity contribution in [2.45, 2.75) is 18.4 Å². The fourth-order valence-corrected chi connectivity index (χ4v) is 3.30. The second-order valence-electron chi connectivity index (χ2n) is 4.37. The van der Waals surface area contributed by atoms with Crippen LogP contribution in [0.25, 0.3) is 0 Å². The van der Waals surface area contributed by atoms with Crippen LogP contribution in [0.15, 0.2) is 24.3 Å². The van der Waals surface area contributed by atoms with E-state index in [1.165, 1.54) is 0 Å². The molecule has 1 aliphatic rings. The molecule has 0 amide bonds. The first-order valence-corrected chi connectivity index (χ1v) is 7.06. The predicted octanol–water partition coefficient (Wildman–Crippen LogP) is 2.46. The monoisotopic (exact) mass is 267 g/mol. The lowest BCUT2D eigenvalue weighted by atomic mass is 9.95. The third-order valence-corrected chi connectivity index (χ3v) is 4.41. The lowest BCUT2D eigenvalue weighted by molar-refractivity contribution is -0.141. The van der Waals surface area contributed by atoms with Crippen molar-refractivity contribution in [2.75, 3.05) is 23.9 Å². The first kappa shape index (κ1) is 13.1. The van der Waals surface area contributed by atoms with Crippen molar-refractivity contribution in [3.8, 4) is 5.75 Å². The van der Waals surface area contributed by atoms with Gasteiger partial charge in [0.25, 0.3) is 0 Å². The Kier molecular flexibility index (Phi) is 4.01. The SMILES string of the molecule is COc1ccccc1NC1(C(=O)O)CCCSC1. The molecule has 2 rings (SSSR count). The van der Waals surface area contributed by atoms with E-state index in [-0.39, 0.29) is 0 Å². The third kappa shape index (κ3) is 2.56. The highest BCUT2D eigenvalue weighted by molar-refractivity contribution is 7.99. The van der Waals surface area contributed by atoms with Crippen LogP contribution in [0.5, 0.6) is 5.75 Å². The van der Waals surface area contributed by atoms with Crippen LogP contribution < -0.4 is 10.1 Å². The Morgan fingerprint density at radius 1 is 1.50 bits per heavy atom. The Balaban J connectivity index is 2.26. The Morgan fingerprint density at radius 2 is 2.28 bits per heavy atom. The molecule has 4 nitrogen and oxygen atoms in total. The van der Waals surface area contributed by atoms with E-state index in [1.54, 1.807) is 18.9 Å². The number of nitrogens with one attached hydrogen (secondary N) is 1. The molecule has 98 valence electrons. The number of carboxylic acids is 1. The second kappa shape index (κ2) is 5.52. The highest BCUT2D eigenvalue weighted by atomic mass is 32.2. The van der Waals surface area contributed by atoms with Crippen LogP contribution in [0.4, 0.5) is 5.69 Å². The normalized spacial score (nSPS) is 23.4. The van der Waals surface area contributed by atoms with Crippen molar-refractivity contribution < 1.29 is 14.6 Å². The smallest absolute Gasteiger partial charge is 0.330 e. The van der Waals surface area contributed by atoms with Gasteiger partial charge in [0.2, 0.25) is 0 Å². The fraction of sp³-hybridized carbons (Fsp3) is 0.462. The molecule has 0 bridgehead atoms. The number of ether oxygens (including phenoxy) is 1. The lowest BCUT2D eigenvalue weighted by Gasteiger charge is -2.34. The van der Waals surface area contributed by atoms with Crippen molar-refractivity contribution in [1.29, 1.82) is 0 Å². The summed E-state index contributed by atoms with van der Waals surface area (Å²) in [6, 6.07) is 7.42. The molecule has 1 heterocycles. The number of hydrogen-bond donors (Lipinski definition) is 2. The van der Waals surface area contributed by atoms with E-state index in [0.717, 1.165) is 17.9 Å². The molecule has 18 heavy (non-hydrogen) atoms. The Labute approximate surface area is 111 Å².